The summed E-state index contributed by atoms with van der Waals surface area (Å²) in [5.74, 6) is 1.37. The van der Waals surface area contributed by atoms with E-state index in [9.17, 15) is 4.79 Å². The molecule has 1 unspecified atom stereocenters. The van der Waals surface area contributed by atoms with E-state index in [1.54, 1.807) is 11.3 Å². The predicted molar refractivity (Wildman–Crippen MR) is 87.3 cm³/mol. The Bertz CT molecular complexity index is 661. The van der Waals surface area contributed by atoms with E-state index in [1.165, 1.54) is 11.1 Å². The summed E-state index contributed by atoms with van der Waals surface area (Å²) in [4.78, 5) is 17.5. The second-order valence-electron chi connectivity index (χ2n) is 5.61. The molecule has 0 saturated carbocycles. The second-order valence-corrected chi connectivity index (χ2v) is 6.64. The quantitative estimate of drug-likeness (QED) is 0.907. The van der Waals surface area contributed by atoms with Crippen molar-refractivity contribution in [2.75, 3.05) is 17.7 Å². The molecule has 1 aromatic carbocycles. The maximum Gasteiger partial charge on any atom is 0.226 e. The van der Waals surface area contributed by atoms with Gasteiger partial charge >= 0.3 is 0 Å². The van der Waals surface area contributed by atoms with Crippen molar-refractivity contribution in [3.8, 4) is 0 Å². The number of fused-ring (bicyclic) bond motifs is 1. The summed E-state index contributed by atoms with van der Waals surface area (Å²) < 4.78 is 0. The largest absolute Gasteiger partial charge is 0.365 e. The number of carbonyl (C=O) groups excluding carboxylic acids is 1. The molecule has 0 aliphatic carbocycles. The van der Waals surface area contributed by atoms with Gasteiger partial charge in [-0.2, -0.15) is 0 Å². The molecule has 2 aromatic rings. The van der Waals surface area contributed by atoms with E-state index in [-0.39, 0.29) is 11.8 Å². The van der Waals surface area contributed by atoms with Crippen LogP contribution >= 0.6 is 11.3 Å². The average molecular weight is 301 g/mol. The van der Waals surface area contributed by atoms with Gasteiger partial charge in [-0.1, -0.05) is 49.4 Å². The van der Waals surface area contributed by atoms with Gasteiger partial charge in [-0.05, 0) is 17.0 Å². The molecule has 2 heterocycles. The van der Waals surface area contributed by atoms with Gasteiger partial charge in [0, 0.05) is 19.4 Å². The summed E-state index contributed by atoms with van der Waals surface area (Å²) in [6, 6.07) is 8.60. The van der Waals surface area contributed by atoms with Crippen molar-refractivity contribution in [2.24, 2.45) is 0 Å². The normalized spacial score (nSPS) is 17.5. The monoisotopic (exact) mass is 301 g/mol. The van der Waals surface area contributed by atoms with Crippen LogP contribution in [0.25, 0.3) is 0 Å². The van der Waals surface area contributed by atoms with Gasteiger partial charge in [0.05, 0.1) is 4.88 Å². The van der Waals surface area contributed by atoms with Gasteiger partial charge in [0.15, 0.2) is 5.13 Å². The molecular weight excluding hydrogens is 282 g/mol. The number of thiazole rings is 1. The Morgan fingerprint density at radius 3 is 2.67 bits per heavy atom. The van der Waals surface area contributed by atoms with Crippen molar-refractivity contribution in [3.05, 3.63) is 40.3 Å². The SMILES string of the molecule is CNc1nc2c(s1)C(c1ccc(C(C)C)cc1)CC(=O)N2. The number of amides is 1. The Kier molecular flexibility index (Phi) is 3.68. The first-order chi connectivity index (χ1) is 10.1. The number of rotatable bonds is 3. The highest BCUT2D eigenvalue weighted by Gasteiger charge is 2.30. The van der Waals surface area contributed by atoms with Crippen molar-refractivity contribution in [1.29, 1.82) is 0 Å². The van der Waals surface area contributed by atoms with Crippen molar-refractivity contribution in [2.45, 2.75) is 32.1 Å². The van der Waals surface area contributed by atoms with Crippen molar-refractivity contribution in [1.82, 2.24) is 4.98 Å². The average Bonchev–Trinajstić information content (AvgIpc) is 2.89. The number of hydrogen-bond donors (Lipinski definition) is 2. The molecule has 1 aromatic heterocycles. The number of nitrogens with one attached hydrogen (secondary N) is 2. The summed E-state index contributed by atoms with van der Waals surface area (Å²) in [7, 11) is 1.85. The minimum Gasteiger partial charge on any atom is -0.365 e. The van der Waals surface area contributed by atoms with Crippen LogP contribution in [0.2, 0.25) is 0 Å². The van der Waals surface area contributed by atoms with E-state index in [0.29, 0.717) is 18.2 Å². The van der Waals surface area contributed by atoms with Crippen molar-refractivity contribution in [3.63, 3.8) is 0 Å². The van der Waals surface area contributed by atoms with Crippen LogP contribution < -0.4 is 10.6 Å². The third-order valence-corrected chi connectivity index (χ3v) is 5.02. The summed E-state index contributed by atoms with van der Waals surface area (Å²) in [6.07, 6.45) is 0.485. The fourth-order valence-electron chi connectivity index (χ4n) is 2.61. The molecule has 2 N–H and O–H groups in total. The smallest absolute Gasteiger partial charge is 0.226 e. The molecule has 1 aliphatic heterocycles. The summed E-state index contributed by atoms with van der Waals surface area (Å²) in [6.45, 7) is 4.37. The van der Waals surface area contributed by atoms with Gasteiger partial charge in [-0.15, -0.1) is 0 Å². The molecule has 1 aliphatic rings. The number of benzene rings is 1. The third-order valence-electron chi connectivity index (χ3n) is 3.84. The van der Waals surface area contributed by atoms with Gasteiger partial charge in [0.1, 0.15) is 5.82 Å². The zero-order valence-electron chi connectivity index (χ0n) is 12.4. The zero-order valence-corrected chi connectivity index (χ0v) is 13.3. The lowest BCUT2D eigenvalue weighted by Gasteiger charge is -2.22. The molecule has 5 heteroatoms. The predicted octanol–water partition coefficient (Wildman–Crippen LogP) is 3.78. The zero-order chi connectivity index (χ0) is 15.0. The highest BCUT2D eigenvalue weighted by molar-refractivity contribution is 7.16. The number of anilines is 2. The van der Waals surface area contributed by atoms with Crippen LogP contribution in [0.1, 0.15) is 48.1 Å². The van der Waals surface area contributed by atoms with Crippen molar-refractivity contribution < 1.29 is 4.79 Å². The van der Waals surface area contributed by atoms with Crippen LogP contribution in [0.3, 0.4) is 0 Å². The number of aromatic nitrogens is 1. The van der Waals surface area contributed by atoms with Crippen LogP contribution in [0, 0.1) is 0 Å². The number of carbonyl (C=O) groups is 1. The lowest BCUT2D eigenvalue weighted by atomic mass is 9.90. The topological polar surface area (TPSA) is 54.0 Å². The van der Waals surface area contributed by atoms with Gasteiger partial charge in [0.2, 0.25) is 5.91 Å². The number of nitrogens with zero attached hydrogens (tertiary/aromatic N) is 1. The Balaban J connectivity index is 1.98. The van der Waals surface area contributed by atoms with Crippen LogP contribution in [-0.4, -0.2) is 17.9 Å². The minimum absolute atomic E-state index is 0.0355. The fraction of sp³-hybridized carbons (Fsp3) is 0.375. The first kappa shape index (κ1) is 14.1. The van der Waals surface area contributed by atoms with Gasteiger partial charge < -0.3 is 10.6 Å². The first-order valence-corrected chi connectivity index (χ1v) is 7.98. The van der Waals surface area contributed by atoms with Crippen LogP contribution in [0.5, 0.6) is 0 Å². The standard InChI is InChI=1S/C16H19N3OS/c1-9(2)10-4-6-11(7-5-10)12-8-13(20)18-15-14(12)21-16(17-3)19-15/h4-7,9,12H,8H2,1-3H3,(H,17,19)(H,18,20). The molecule has 0 radical (unpaired) electrons. The van der Waals surface area contributed by atoms with E-state index in [1.807, 2.05) is 7.05 Å². The molecule has 1 atom stereocenters. The molecule has 0 fully saturated rings. The van der Waals surface area contributed by atoms with Gasteiger partial charge in [-0.25, -0.2) is 4.98 Å². The van der Waals surface area contributed by atoms with E-state index < -0.39 is 0 Å². The third kappa shape index (κ3) is 2.65. The summed E-state index contributed by atoms with van der Waals surface area (Å²) in [5, 5.41) is 6.75. The Labute approximate surface area is 128 Å². The molecule has 21 heavy (non-hydrogen) atoms. The highest BCUT2D eigenvalue weighted by Crippen LogP contribution is 2.42. The van der Waals surface area contributed by atoms with E-state index in [2.05, 4.69) is 53.7 Å². The lowest BCUT2D eigenvalue weighted by Crippen LogP contribution is -2.22. The van der Waals surface area contributed by atoms with Crippen LogP contribution in [0.4, 0.5) is 10.9 Å². The lowest BCUT2D eigenvalue weighted by molar-refractivity contribution is -0.116. The molecule has 0 bridgehead atoms. The molecule has 0 spiro atoms. The maximum atomic E-state index is 11.9. The summed E-state index contributed by atoms with van der Waals surface area (Å²) in [5.41, 5.74) is 2.50. The van der Waals surface area contributed by atoms with E-state index >= 15 is 0 Å². The maximum absolute atomic E-state index is 11.9. The minimum atomic E-state index is 0.0355. The first-order valence-electron chi connectivity index (χ1n) is 7.16. The van der Waals surface area contributed by atoms with E-state index in [0.717, 1.165) is 10.0 Å². The molecule has 3 rings (SSSR count). The van der Waals surface area contributed by atoms with Crippen molar-refractivity contribution >= 4 is 28.2 Å². The molecule has 0 saturated heterocycles. The summed E-state index contributed by atoms with van der Waals surface area (Å²) >= 11 is 1.61. The van der Waals surface area contributed by atoms with Gasteiger partial charge in [-0.3, -0.25) is 4.79 Å². The Morgan fingerprint density at radius 1 is 1.33 bits per heavy atom. The van der Waals surface area contributed by atoms with E-state index in [4.69, 9.17) is 0 Å². The molecule has 4 nitrogen and oxygen atoms in total. The van der Waals surface area contributed by atoms with Crippen LogP contribution in [0.15, 0.2) is 24.3 Å². The molecular formula is C16H19N3OS. The Morgan fingerprint density at radius 2 is 2.05 bits per heavy atom. The molecule has 1 amide bonds. The fourth-order valence-corrected chi connectivity index (χ4v) is 3.61. The second kappa shape index (κ2) is 5.48. The Hall–Kier alpha value is -1.88. The van der Waals surface area contributed by atoms with Gasteiger partial charge in [0.25, 0.3) is 0 Å². The molecule has 110 valence electrons. The van der Waals surface area contributed by atoms with Crippen LogP contribution in [-0.2, 0) is 4.79 Å². The number of hydrogen-bond acceptors (Lipinski definition) is 4. The highest BCUT2D eigenvalue weighted by atomic mass is 32.1.